The smallest absolute Gasteiger partial charge is 0.407 e. The van der Waals surface area contributed by atoms with E-state index in [4.69, 9.17) is 15.4 Å². The van der Waals surface area contributed by atoms with Crippen LogP contribution in [0.4, 0.5) is 9.18 Å². The predicted molar refractivity (Wildman–Crippen MR) is 57.5 cm³/mol. The van der Waals surface area contributed by atoms with E-state index in [-0.39, 0.29) is 12.7 Å². The first-order valence-corrected chi connectivity index (χ1v) is 5.37. The maximum Gasteiger partial charge on any atom is 0.407 e. The van der Waals surface area contributed by atoms with E-state index in [1.54, 1.807) is 0 Å². The minimum atomic E-state index is -0.931. The second kappa shape index (κ2) is 6.93. The van der Waals surface area contributed by atoms with E-state index in [0.717, 1.165) is 0 Å². The minimum Gasteiger partial charge on any atom is -0.465 e. The van der Waals surface area contributed by atoms with Crippen molar-refractivity contribution in [1.82, 2.24) is 4.90 Å². The lowest BCUT2D eigenvalue weighted by molar-refractivity contribution is 0.00212. The molecule has 1 unspecified atom stereocenters. The van der Waals surface area contributed by atoms with Gasteiger partial charge in [0.05, 0.1) is 18.8 Å². The molecule has 1 saturated heterocycles. The number of likely N-dealkylation sites (tertiary alicyclic amines) is 1. The van der Waals surface area contributed by atoms with Crippen LogP contribution in [0, 0.1) is 0 Å². The summed E-state index contributed by atoms with van der Waals surface area (Å²) in [6.07, 6.45) is 0.149. The number of halogens is 1. The molecule has 0 saturated carbocycles. The molecular formula is C9H15FN4O3. The van der Waals surface area contributed by atoms with Crippen molar-refractivity contribution in [3.8, 4) is 0 Å². The summed E-state index contributed by atoms with van der Waals surface area (Å²) in [5.41, 5.74) is 8.16. The Labute approximate surface area is 97.8 Å². The maximum absolute atomic E-state index is 12.3. The first kappa shape index (κ1) is 13.5. The monoisotopic (exact) mass is 246 g/mol. The van der Waals surface area contributed by atoms with Gasteiger partial charge in [-0.25, -0.2) is 4.79 Å². The Hall–Kier alpha value is -1.53. The molecule has 1 atom stereocenters. The Morgan fingerprint density at radius 2 is 2.29 bits per heavy atom. The normalized spacial score (nSPS) is 18.5. The van der Waals surface area contributed by atoms with E-state index in [1.807, 2.05) is 0 Å². The molecular weight excluding hydrogens is 231 g/mol. The molecule has 1 N–H and O–H groups in total. The highest BCUT2D eigenvalue weighted by Crippen LogP contribution is 2.14. The molecule has 0 aromatic carbocycles. The van der Waals surface area contributed by atoms with Gasteiger partial charge in [0.1, 0.15) is 6.67 Å². The van der Waals surface area contributed by atoms with Gasteiger partial charge in [0.2, 0.25) is 0 Å². The molecule has 0 aliphatic carbocycles. The summed E-state index contributed by atoms with van der Waals surface area (Å²) in [6, 6.07) is -0.794. The number of hydrogen-bond donors (Lipinski definition) is 1. The number of piperidine rings is 1. The van der Waals surface area contributed by atoms with E-state index in [2.05, 4.69) is 10.0 Å². The van der Waals surface area contributed by atoms with E-state index < -0.39 is 18.8 Å². The van der Waals surface area contributed by atoms with Crippen molar-refractivity contribution in [3.05, 3.63) is 10.4 Å². The Kier molecular flexibility index (Phi) is 5.51. The fourth-order valence-electron chi connectivity index (χ4n) is 1.64. The molecule has 1 heterocycles. The van der Waals surface area contributed by atoms with Crippen LogP contribution in [-0.2, 0) is 4.74 Å². The highest BCUT2D eigenvalue weighted by molar-refractivity contribution is 5.64. The fraction of sp³-hybridized carbons (Fsp3) is 0.889. The number of nitrogens with zero attached hydrogens (tertiary/aromatic N) is 4. The van der Waals surface area contributed by atoms with Gasteiger partial charge >= 0.3 is 6.09 Å². The fourth-order valence-corrected chi connectivity index (χ4v) is 1.64. The standard InChI is InChI=1S/C9H15FN4O3/c10-5-7(12-13-11)6-17-8-1-3-14(4-2-8)9(15)16/h7-8H,1-6H2,(H,15,16). The summed E-state index contributed by atoms with van der Waals surface area (Å²) in [4.78, 5) is 14.5. The molecule has 0 aromatic rings. The Bertz CT molecular complexity index is 301. The molecule has 0 bridgehead atoms. The van der Waals surface area contributed by atoms with Crippen molar-refractivity contribution in [1.29, 1.82) is 0 Å². The average molecular weight is 246 g/mol. The third-order valence-corrected chi connectivity index (χ3v) is 2.63. The maximum atomic E-state index is 12.3. The van der Waals surface area contributed by atoms with Crippen molar-refractivity contribution in [2.75, 3.05) is 26.4 Å². The molecule has 8 heteroatoms. The number of alkyl halides is 1. The van der Waals surface area contributed by atoms with Crippen LogP contribution in [0.5, 0.6) is 0 Å². The van der Waals surface area contributed by atoms with Crippen LogP contribution in [0.3, 0.4) is 0 Å². The average Bonchev–Trinajstić information content (AvgIpc) is 2.35. The Morgan fingerprint density at radius 3 is 2.76 bits per heavy atom. The summed E-state index contributed by atoms with van der Waals surface area (Å²) < 4.78 is 17.7. The molecule has 0 radical (unpaired) electrons. The van der Waals surface area contributed by atoms with Gasteiger partial charge in [-0.15, -0.1) is 0 Å². The summed E-state index contributed by atoms with van der Waals surface area (Å²) in [6.45, 7) is 0.125. The van der Waals surface area contributed by atoms with Crippen molar-refractivity contribution in [3.63, 3.8) is 0 Å². The van der Waals surface area contributed by atoms with Crippen molar-refractivity contribution in [2.45, 2.75) is 25.0 Å². The lowest BCUT2D eigenvalue weighted by Crippen LogP contribution is -2.40. The minimum absolute atomic E-state index is 0.0400. The number of ether oxygens (including phenoxy) is 1. The second-order valence-corrected chi connectivity index (χ2v) is 3.82. The van der Waals surface area contributed by atoms with Gasteiger partial charge < -0.3 is 14.7 Å². The van der Waals surface area contributed by atoms with Crippen molar-refractivity contribution >= 4 is 6.09 Å². The van der Waals surface area contributed by atoms with Crippen LogP contribution in [0.25, 0.3) is 10.4 Å². The summed E-state index contributed by atoms with van der Waals surface area (Å²) >= 11 is 0. The number of carboxylic acid groups (broad SMARTS) is 1. The molecule has 1 fully saturated rings. The number of amides is 1. The zero-order valence-electron chi connectivity index (χ0n) is 9.33. The number of hydrogen-bond acceptors (Lipinski definition) is 3. The van der Waals surface area contributed by atoms with Gasteiger partial charge in [-0.3, -0.25) is 4.39 Å². The second-order valence-electron chi connectivity index (χ2n) is 3.82. The molecule has 7 nitrogen and oxygen atoms in total. The van der Waals surface area contributed by atoms with Crippen LogP contribution in [-0.4, -0.2) is 54.6 Å². The van der Waals surface area contributed by atoms with Crippen LogP contribution in [0.2, 0.25) is 0 Å². The van der Waals surface area contributed by atoms with Gasteiger partial charge in [0.15, 0.2) is 0 Å². The molecule has 17 heavy (non-hydrogen) atoms. The van der Waals surface area contributed by atoms with Gasteiger partial charge in [-0.05, 0) is 18.4 Å². The topological polar surface area (TPSA) is 98.5 Å². The third kappa shape index (κ3) is 4.46. The lowest BCUT2D eigenvalue weighted by Gasteiger charge is -2.30. The van der Waals surface area contributed by atoms with E-state index in [1.165, 1.54) is 4.90 Å². The zero-order valence-corrected chi connectivity index (χ0v) is 9.33. The van der Waals surface area contributed by atoms with Gasteiger partial charge in [0, 0.05) is 18.0 Å². The largest absolute Gasteiger partial charge is 0.465 e. The molecule has 96 valence electrons. The quantitative estimate of drug-likeness (QED) is 0.454. The van der Waals surface area contributed by atoms with Crippen LogP contribution < -0.4 is 0 Å². The Morgan fingerprint density at radius 1 is 1.65 bits per heavy atom. The SMILES string of the molecule is [N-]=[N+]=NC(CF)COC1CCN(C(=O)O)CC1. The first-order valence-electron chi connectivity index (χ1n) is 5.37. The van der Waals surface area contributed by atoms with Crippen LogP contribution in [0.1, 0.15) is 12.8 Å². The molecule has 1 rings (SSSR count). The number of rotatable bonds is 5. The van der Waals surface area contributed by atoms with Crippen LogP contribution >= 0.6 is 0 Å². The predicted octanol–water partition coefficient (Wildman–Crippen LogP) is 1.79. The van der Waals surface area contributed by atoms with Gasteiger partial charge in [-0.1, -0.05) is 5.11 Å². The molecule has 0 aromatic heterocycles. The molecule has 0 spiro atoms. The highest BCUT2D eigenvalue weighted by Gasteiger charge is 2.23. The highest BCUT2D eigenvalue weighted by atomic mass is 19.1. The number of carbonyl (C=O) groups is 1. The van der Waals surface area contributed by atoms with Gasteiger partial charge in [0.25, 0.3) is 0 Å². The first-order chi connectivity index (χ1) is 8.17. The summed E-state index contributed by atoms with van der Waals surface area (Å²) in [7, 11) is 0. The molecule has 1 aliphatic heterocycles. The zero-order chi connectivity index (χ0) is 12.7. The third-order valence-electron chi connectivity index (χ3n) is 2.63. The molecule has 1 amide bonds. The molecule has 1 aliphatic rings. The van der Waals surface area contributed by atoms with E-state index >= 15 is 0 Å². The summed E-state index contributed by atoms with van der Waals surface area (Å²) in [5.74, 6) is 0. The summed E-state index contributed by atoms with van der Waals surface area (Å²) in [5, 5.41) is 12.0. The van der Waals surface area contributed by atoms with Gasteiger partial charge in [-0.2, -0.15) is 0 Å². The Balaban J connectivity index is 2.26. The van der Waals surface area contributed by atoms with E-state index in [0.29, 0.717) is 25.9 Å². The van der Waals surface area contributed by atoms with Crippen molar-refractivity contribution < 1.29 is 19.0 Å². The lowest BCUT2D eigenvalue weighted by atomic mass is 10.1. The number of azide groups is 1. The van der Waals surface area contributed by atoms with Crippen LogP contribution in [0.15, 0.2) is 5.11 Å². The van der Waals surface area contributed by atoms with E-state index in [9.17, 15) is 9.18 Å². The van der Waals surface area contributed by atoms with Crippen molar-refractivity contribution in [2.24, 2.45) is 5.11 Å².